The molecule has 1 amide bonds. The van der Waals surface area contributed by atoms with Crippen LogP contribution in [0.5, 0.6) is 0 Å². The minimum atomic E-state index is -0.174. The van der Waals surface area contributed by atoms with Crippen LogP contribution in [0.15, 0.2) is 41.0 Å². The van der Waals surface area contributed by atoms with Gasteiger partial charge in [-0.1, -0.05) is 23.7 Å². The van der Waals surface area contributed by atoms with E-state index in [2.05, 4.69) is 21.2 Å². The van der Waals surface area contributed by atoms with Gasteiger partial charge in [-0.3, -0.25) is 4.79 Å². The minimum absolute atomic E-state index is 0.174. The fraction of sp³-hybridized carbons (Fsp3) is 0.214. The largest absolute Gasteiger partial charge is 0.339 e. The molecule has 5 heteroatoms. The fourth-order valence-corrected chi connectivity index (χ4v) is 2.40. The van der Waals surface area contributed by atoms with E-state index in [1.807, 2.05) is 42.7 Å². The van der Waals surface area contributed by atoms with E-state index in [1.165, 1.54) is 0 Å². The number of aromatic nitrogens is 1. The van der Waals surface area contributed by atoms with Crippen LogP contribution < -0.4 is 5.32 Å². The number of hydrogen-bond donors (Lipinski definition) is 1. The first-order valence-corrected chi connectivity index (χ1v) is 7.09. The zero-order valence-corrected chi connectivity index (χ0v) is 13.0. The molecule has 0 fully saturated rings. The van der Waals surface area contributed by atoms with Gasteiger partial charge in [-0.2, -0.15) is 0 Å². The van der Waals surface area contributed by atoms with Crippen LogP contribution in [0.3, 0.4) is 0 Å². The highest BCUT2D eigenvalue weighted by Crippen LogP contribution is 2.24. The topological polar surface area (TPSA) is 34.0 Å². The predicted octanol–water partition coefficient (Wildman–Crippen LogP) is 4.74. The molecular weight excluding hydrogens is 328 g/mol. The summed E-state index contributed by atoms with van der Waals surface area (Å²) < 4.78 is 2.70. The third-order valence-corrected chi connectivity index (χ3v) is 3.62. The molecule has 100 valence electrons. The van der Waals surface area contributed by atoms with Crippen LogP contribution in [0.4, 0.5) is 5.69 Å². The lowest BCUT2D eigenvalue weighted by Gasteiger charge is -2.13. The van der Waals surface area contributed by atoms with Crippen molar-refractivity contribution in [2.45, 2.75) is 19.9 Å². The number of amides is 1. The van der Waals surface area contributed by atoms with Crippen molar-refractivity contribution in [2.24, 2.45) is 0 Å². The van der Waals surface area contributed by atoms with Gasteiger partial charge in [0, 0.05) is 16.7 Å². The summed E-state index contributed by atoms with van der Waals surface area (Å²) in [7, 11) is 0. The van der Waals surface area contributed by atoms with E-state index in [0.29, 0.717) is 10.7 Å². The summed E-state index contributed by atoms with van der Waals surface area (Å²) in [4.78, 5) is 12.3. The van der Waals surface area contributed by atoms with Crippen LogP contribution in [0.1, 0.15) is 30.4 Å². The van der Waals surface area contributed by atoms with Gasteiger partial charge in [0.2, 0.25) is 0 Å². The quantitative estimate of drug-likeness (QED) is 0.860. The summed E-state index contributed by atoms with van der Waals surface area (Å²) in [6, 6.07) is 9.33. The highest BCUT2D eigenvalue weighted by Gasteiger charge is 2.15. The summed E-state index contributed by atoms with van der Waals surface area (Å²) in [6.07, 6.45) is 1.77. The number of benzene rings is 1. The molecule has 0 radical (unpaired) electrons. The molecule has 0 bridgehead atoms. The van der Waals surface area contributed by atoms with Gasteiger partial charge in [0.05, 0.1) is 10.7 Å². The van der Waals surface area contributed by atoms with Gasteiger partial charge in [-0.15, -0.1) is 0 Å². The van der Waals surface area contributed by atoms with Gasteiger partial charge in [-0.05, 0) is 48.0 Å². The summed E-state index contributed by atoms with van der Waals surface area (Å²) in [5.41, 5.74) is 1.29. The number of anilines is 1. The number of carbonyl (C=O) groups excluding carboxylic acids is 1. The summed E-state index contributed by atoms with van der Waals surface area (Å²) in [5.74, 6) is -0.174. The van der Waals surface area contributed by atoms with E-state index in [0.717, 1.165) is 10.2 Å². The Labute approximate surface area is 125 Å². The average Bonchev–Trinajstić information content (AvgIpc) is 2.74. The first-order valence-electron chi connectivity index (χ1n) is 5.92. The first kappa shape index (κ1) is 14.2. The van der Waals surface area contributed by atoms with Crippen LogP contribution >= 0.6 is 27.5 Å². The van der Waals surface area contributed by atoms with E-state index in [4.69, 9.17) is 11.6 Å². The van der Waals surface area contributed by atoms with Crippen molar-refractivity contribution in [3.05, 3.63) is 51.7 Å². The Kier molecular flexibility index (Phi) is 4.32. The van der Waals surface area contributed by atoms with Crippen molar-refractivity contribution < 1.29 is 4.79 Å². The molecule has 1 aromatic carbocycles. The molecule has 1 aromatic heterocycles. The SMILES string of the molecule is CC(C)n1cc(Cl)cc1C(=O)Nc1ccccc1Br. The lowest BCUT2D eigenvalue weighted by molar-refractivity contribution is 0.101. The molecule has 0 atom stereocenters. The third kappa shape index (κ3) is 3.19. The third-order valence-electron chi connectivity index (χ3n) is 2.73. The lowest BCUT2D eigenvalue weighted by Crippen LogP contribution is -2.17. The Morgan fingerprint density at radius 1 is 1.37 bits per heavy atom. The Morgan fingerprint density at radius 3 is 2.68 bits per heavy atom. The normalized spacial score (nSPS) is 10.8. The maximum Gasteiger partial charge on any atom is 0.272 e. The molecule has 1 heterocycles. The smallest absolute Gasteiger partial charge is 0.272 e. The minimum Gasteiger partial charge on any atom is -0.339 e. The Bertz CT molecular complexity index is 607. The van der Waals surface area contributed by atoms with E-state index in [-0.39, 0.29) is 11.9 Å². The molecule has 0 aliphatic carbocycles. The number of halogens is 2. The Hall–Kier alpha value is -1.26. The van der Waals surface area contributed by atoms with Crippen LogP contribution in [0.2, 0.25) is 5.02 Å². The second kappa shape index (κ2) is 5.80. The second-order valence-electron chi connectivity index (χ2n) is 4.48. The van der Waals surface area contributed by atoms with E-state index >= 15 is 0 Å². The number of nitrogens with zero attached hydrogens (tertiary/aromatic N) is 1. The zero-order chi connectivity index (χ0) is 14.0. The Balaban J connectivity index is 2.28. The van der Waals surface area contributed by atoms with Crippen LogP contribution in [0, 0.1) is 0 Å². The number of rotatable bonds is 3. The molecule has 0 saturated carbocycles. The van der Waals surface area contributed by atoms with E-state index in [9.17, 15) is 4.79 Å². The summed E-state index contributed by atoms with van der Waals surface area (Å²) in [6.45, 7) is 4.01. The van der Waals surface area contributed by atoms with Crippen LogP contribution in [-0.2, 0) is 0 Å². The van der Waals surface area contributed by atoms with Crippen LogP contribution in [-0.4, -0.2) is 10.5 Å². The maximum absolute atomic E-state index is 12.3. The number of nitrogens with one attached hydrogen (secondary N) is 1. The first-order chi connectivity index (χ1) is 8.99. The molecule has 2 aromatic rings. The maximum atomic E-state index is 12.3. The number of para-hydroxylation sites is 1. The van der Waals surface area contributed by atoms with Crippen molar-refractivity contribution in [1.29, 1.82) is 0 Å². The fourth-order valence-electron chi connectivity index (χ4n) is 1.80. The molecule has 0 aliphatic rings. The van der Waals surface area contributed by atoms with Gasteiger partial charge in [0.1, 0.15) is 5.69 Å². The van der Waals surface area contributed by atoms with E-state index < -0.39 is 0 Å². The van der Waals surface area contributed by atoms with Gasteiger partial charge in [-0.25, -0.2) is 0 Å². The van der Waals surface area contributed by atoms with Gasteiger partial charge >= 0.3 is 0 Å². The predicted molar refractivity (Wildman–Crippen MR) is 81.9 cm³/mol. The second-order valence-corrected chi connectivity index (χ2v) is 5.77. The molecule has 1 N–H and O–H groups in total. The highest BCUT2D eigenvalue weighted by molar-refractivity contribution is 9.10. The van der Waals surface area contributed by atoms with Crippen molar-refractivity contribution in [3.8, 4) is 0 Å². The standard InChI is InChI=1S/C14H14BrClN2O/c1-9(2)18-8-10(16)7-13(18)14(19)17-12-6-4-3-5-11(12)15/h3-9H,1-2H3,(H,17,19). The zero-order valence-electron chi connectivity index (χ0n) is 10.7. The molecular formula is C14H14BrClN2O. The van der Waals surface area contributed by atoms with Crippen molar-refractivity contribution >= 4 is 39.1 Å². The number of hydrogen-bond acceptors (Lipinski definition) is 1. The van der Waals surface area contributed by atoms with Gasteiger partial charge in [0.15, 0.2) is 0 Å². The van der Waals surface area contributed by atoms with Gasteiger partial charge in [0.25, 0.3) is 5.91 Å². The Morgan fingerprint density at radius 2 is 2.05 bits per heavy atom. The molecule has 0 saturated heterocycles. The van der Waals surface area contributed by atoms with Crippen molar-refractivity contribution in [1.82, 2.24) is 4.57 Å². The lowest BCUT2D eigenvalue weighted by atomic mass is 10.3. The van der Waals surface area contributed by atoms with Crippen LogP contribution in [0.25, 0.3) is 0 Å². The molecule has 0 unspecified atom stereocenters. The van der Waals surface area contributed by atoms with Gasteiger partial charge < -0.3 is 9.88 Å². The van der Waals surface area contributed by atoms with E-state index in [1.54, 1.807) is 12.3 Å². The van der Waals surface area contributed by atoms with Crippen molar-refractivity contribution in [2.75, 3.05) is 5.32 Å². The summed E-state index contributed by atoms with van der Waals surface area (Å²) >= 11 is 9.38. The highest BCUT2D eigenvalue weighted by atomic mass is 79.9. The average molecular weight is 342 g/mol. The molecule has 19 heavy (non-hydrogen) atoms. The van der Waals surface area contributed by atoms with Crippen molar-refractivity contribution in [3.63, 3.8) is 0 Å². The monoisotopic (exact) mass is 340 g/mol. The molecule has 2 rings (SSSR count). The summed E-state index contributed by atoms with van der Waals surface area (Å²) in [5, 5.41) is 3.43. The molecule has 3 nitrogen and oxygen atoms in total. The molecule has 0 spiro atoms. The number of carbonyl (C=O) groups is 1. The molecule has 0 aliphatic heterocycles.